The number of piperidine rings is 1. The van der Waals surface area contributed by atoms with Crippen molar-refractivity contribution < 1.29 is 4.79 Å². The molecule has 0 radical (unpaired) electrons. The summed E-state index contributed by atoms with van der Waals surface area (Å²) >= 11 is 0. The van der Waals surface area contributed by atoms with E-state index in [9.17, 15) is 4.79 Å². The van der Waals surface area contributed by atoms with Crippen molar-refractivity contribution in [3.63, 3.8) is 0 Å². The van der Waals surface area contributed by atoms with Crippen LogP contribution in [0.4, 0.5) is 0 Å². The average Bonchev–Trinajstić information content (AvgIpc) is 2.87. The molecule has 4 nitrogen and oxygen atoms in total. The van der Waals surface area contributed by atoms with Gasteiger partial charge in [0.1, 0.15) is 0 Å². The van der Waals surface area contributed by atoms with E-state index >= 15 is 0 Å². The van der Waals surface area contributed by atoms with Crippen molar-refractivity contribution in [2.24, 2.45) is 11.7 Å². The molecule has 2 aliphatic heterocycles. The fraction of sp³-hybridized carbons (Fsp3) is 0.929. The zero-order valence-electron chi connectivity index (χ0n) is 11.6. The van der Waals surface area contributed by atoms with Crippen LogP contribution >= 0.6 is 0 Å². The number of carbonyl (C=O) groups excluding carboxylic acids is 1. The molecule has 0 aliphatic carbocycles. The Morgan fingerprint density at radius 3 is 2.67 bits per heavy atom. The normalized spacial score (nSPS) is 27.4. The van der Waals surface area contributed by atoms with Gasteiger partial charge in [0.15, 0.2) is 0 Å². The molecule has 2 N–H and O–H groups in total. The Hall–Kier alpha value is -0.610. The first-order chi connectivity index (χ1) is 8.72. The fourth-order valence-corrected chi connectivity index (χ4v) is 3.22. The number of carbonyl (C=O) groups is 1. The smallest absolute Gasteiger partial charge is 0.239 e. The summed E-state index contributed by atoms with van der Waals surface area (Å²) in [4.78, 5) is 16.8. The second-order valence-corrected chi connectivity index (χ2v) is 5.79. The molecule has 2 rings (SSSR count). The molecular formula is C14H27N3O. The summed E-state index contributed by atoms with van der Waals surface area (Å²) < 4.78 is 0. The predicted molar refractivity (Wildman–Crippen MR) is 73.2 cm³/mol. The maximum absolute atomic E-state index is 12.4. The van der Waals surface area contributed by atoms with Gasteiger partial charge in [0.05, 0.1) is 6.04 Å². The van der Waals surface area contributed by atoms with Crippen molar-refractivity contribution in [1.29, 1.82) is 0 Å². The lowest BCUT2D eigenvalue weighted by Crippen LogP contribution is -2.48. The highest BCUT2D eigenvalue weighted by atomic mass is 16.2. The molecule has 2 aliphatic rings. The lowest BCUT2D eigenvalue weighted by atomic mass is 10.1. The maximum Gasteiger partial charge on any atom is 0.239 e. The Balaban J connectivity index is 1.83. The zero-order valence-corrected chi connectivity index (χ0v) is 11.6. The second kappa shape index (κ2) is 6.53. The summed E-state index contributed by atoms with van der Waals surface area (Å²) in [6, 6.07) is 0.0610. The molecule has 4 heteroatoms. The van der Waals surface area contributed by atoms with E-state index in [0.717, 1.165) is 39.1 Å². The van der Waals surface area contributed by atoms with E-state index in [4.69, 9.17) is 5.73 Å². The number of hydrogen-bond donors (Lipinski definition) is 1. The van der Waals surface area contributed by atoms with Gasteiger partial charge in [-0.05, 0) is 58.0 Å². The van der Waals surface area contributed by atoms with Crippen LogP contribution in [0.1, 0.15) is 39.0 Å². The Labute approximate surface area is 110 Å². The molecule has 2 saturated heterocycles. The summed E-state index contributed by atoms with van der Waals surface area (Å²) in [5.74, 6) is 1.04. The lowest BCUT2D eigenvalue weighted by molar-refractivity contribution is -0.137. The van der Waals surface area contributed by atoms with Gasteiger partial charge in [0, 0.05) is 19.6 Å². The molecule has 0 bridgehead atoms. The van der Waals surface area contributed by atoms with Crippen molar-refractivity contribution in [3.8, 4) is 0 Å². The zero-order chi connectivity index (χ0) is 13.0. The van der Waals surface area contributed by atoms with E-state index in [1.807, 2.05) is 0 Å². The van der Waals surface area contributed by atoms with Crippen LogP contribution < -0.4 is 5.73 Å². The van der Waals surface area contributed by atoms with Crippen LogP contribution in [0.5, 0.6) is 0 Å². The topological polar surface area (TPSA) is 49.6 Å². The third-order valence-corrected chi connectivity index (χ3v) is 4.47. The minimum absolute atomic E-state index is 0.0610. The number of amides is 1. The van der Waals surface area contributed by atoms with Crippen LogP contribution in [0.25, 0.3) is 0 Å². The SMILES string of the molecule is CC(C(=O)N1CCCCC1)N1CCC(CCN)C1. The van der Waals surface area contributed by atoms with Gasteiger partial charge in [-0.25, -0.2) is 0 Å². The number of hydrogen-bond acceptors (Lipinski definition) is 3. The molecule has 104 valence electrons. The Bertz CT molecular complexity index is 276. The van der Waals surface area contributed by atoms with Gasteiger partial charge in [0.25, 0.3) is 0 Å². The van der Waals surface area contributed by atoms with Gasteiger partial charge in [-0.1, -0.05) is 0 Å². The second-order valence-electron chi connectivity index (χ2n) is 5.79. The Morgan fingerprint density at radius 2 is 2.00 bits per heavy atom. The van der Waals surface area contributed by atoms with Gasteiger partial charge in [0.2, 0.25) is 5.91 Å². The van der Waals surface area contributed by atoms with E-state index in [1.165, 1.54) is 25.7 Å². The summed E-state index contributed by atoms with van der Waals surface area (Å²) in [7, 11) is 0. The molecule has 18 heavy (non-hydrogen) atoms. The summed E-state index contributed by atoms with van der Waals surface area (Å²) in [5, 5.41) is 0. The van der Waals surface area contributed by atoms with E-state index in [2.05, 4.69) is 16.7 Å². The summed E-state index contributed by atoms with van der Waals surface area (Å²) in [5.41, 5.74) is 5.61. The van der Waals surface area contributed by atoms with Gasteiger partial charge >= 0.3 is 0 Å². The van der Waals surface area contributed by atoms with Crippen LogP contribution in [-0.2, 0) is 4.79 Å². The van der Waals surface area contributed by atoms with Crippen LogP contribution in [0.15, 0.2) is 0 Å². The van der Waals surface area contributed by atoms with Crippen molar-refractivity contribution in [3.05, 3.63) is 0 Å². The van der Waals surface area contributed by atoms with Crippen molar-refractivity contribution in [2.45, 2.75) is 45.1 Å². The first kappa shape index (κ1) is 13.8. The fourth-order valence-electron chi connectivity index (χ4n) is 3.22. The van der Waals surface area contributed by atoms with Crippen molar-refractivity contribution in [1.82, 2.24) is 9.80 Å². The van der Waals surface area contributed by atoms with E-state index in [1.54, 1.807) is 0 Å². The van der Waals surface area contributed by atoms with Gasteiger partial charge in [-0.3, -0.25) is 9.69 Å². The molecule has 0 spiro atoms. The van der Waals surface area contributed by atoms with Crippen LogP contribution in [0, 0.1) is 5.92 Å². The van der Waals surface area contributed by atoms with Crippen LogP contribution in [0.3, 0.4) is 0 Å². The van der Waals surface area contributed by atoms with Gasteiger partial charge in [-0.2, -0.15) is 0 Å². The highest BCUT2D eigenvalue weighted by Gasteiger charge is 2.31. The van der Waals surface area contributed by atoms with Crippen molar-refractivity contribution in [2.75, 3.05) is 32.7 Å². The lowest BCUT2D eigenvalue weighted by Gasteiger charge is -2.32. The molecule has 2 heterocycles. The highest BCUT2D eigenvalue weighted by molar-refractivity contribution is 5.81. The Kier molecular flexibility index (Phi) is 5.01. The van der Waals surface area contributed by atoms with Crippen LogP contribution in [-0.4, -0.2) is 54.5 Å². The molecule has 0 aromatic carbocycles. The largest absolute Gasteiger partial charge is 0.341 e. The minimum atomic E-state index is 0.0610. The number of likely N-dealkylation sites (tertiary alicyclic amines) is 2. The molecule has 2 unspecified atom stereocenters. The summed E-state index contributed by atoms with van der Waals surface area (Å²) in [6.45, 7) is 6.88. The molecule has 1 amide bonds. The predicted octanol–water partition coefficient (Wildman–Crippen LogP) is 1.06. The number of rotatable bonds is 4. The number of nitrogens with two attached hydrogens (primary N) is 1. The average molecular weight is 253 g/mol. The highest BCUT2D eigenvalue weighted by Crippen LogP contribution is 2.22. The monoisotopic (exact) mass is 253 g/mol. The van der Waals surface area contributed by atoms with E-state index in [-0.39, 0.29) is 6.04 Å². The number of nitrogens with zero attached hydrogens (tertiary/aromatic N) is 2. The minimum Gasteiger partial charge on any atom is -0.341 e. The standard InChI is InChI=1S/C14H27N3O/c1-12(14(18)16-8-3-2-4-9-16)17-10-6-13(11-17)5-7-15/h12-13H,2-11,15H2,1H3. The molecule has 2 atom stereocenters. The maximum atomic E-state index is 12.4. The van der Waals surface area contributed by atoms with E-state index in [0.29, 0.717) is 11.8 Å². The first-order valence-electron chi connectivity index (χ1n) is 7.45. The van der Waals surface area contributed by atoms with Gasteiger partial charge in [-0.15, -0.1) is 0 Å². The van der Waals surface area contributed by atoms with E-state index < -0.39 is 0 Å². The first-order valence-corrected chi connectivity index (χ1v) is 7.45. The third-order valence-electron chi connectivity index (χ3n) is 4.47. The molecular weight excluding hydrogens is 226 g/mol. The molecule has 0 aromatic heterocycles. The molecule has 2 fully saturated rings. The van der Waals surface area contributed by atoms with Gasteiger partial charge < -0.3 is 10.6 Å². The Morgan fingerprint density at radius 1 is 1.28 bits per heavy atom. The summed E-state index contributed by atoms with van der Waals surface area (Å²) in [6.07, 6.45) is 5.93. The molecule has 0 aromatic rings. The molecule has 0 saturated carbocycles. The van der Waals surface area contributed by atoms with Crippen molar-refractivity contribution >= 4 is 5.91 Å². The third kappa shape index (κ3) is 3.23. The van der Waals surface area contributed by atoms with Crippen LogP contribution in [0.2, 0.25) is 0 Å². The quantitative estimate of drug-likeness (QED) is 0.815.